The molecule has 0 spiro atoms. The van der Waals surface area contributed by atoms with E-state index in [9.17, 15) is 0 Å². The van der Waals surface area contributed by atoms with Gasteiger partial charge in [-0.1, -0.05) is 0 Å². The molecular weight excluding hydrogens is 138 g/mol. The first-order valence-corrected chi connectivity index (χ1v) is 3.88. The van der Waals surface area contributed by atoms with Crippen LogP contribution in [0, 0.1) is 0 Å². The third-order valence-corrected chi connectivity index (χ3v) is 2.22. The van der Waals surface area contributed by atoms with Crippen molar-refractivity contribution in [2.24, 2.45) is 7.05 Å². The fourth-order valence-electron chi connectivity index (χ4n) is 1.52. The molecule has 3 nitrogen and oxygen atoms in total. The van der Waals surface area contributed by atoms with E-state index in [1.165, 1.54) is 5.69 Å². The number of hydrogen-bond acceptors (Lipinski definition) is 2. The van der Waals surface area contributed by atoms with Crippen molar-refractivity contribution in [3.63, 3.8) is 0 Å². The second-order valence-corrected chi connectivity index (χ2v) is 3.15. The number of likely N-dealkylation sites (N-methyl/N-ethyl adjacent to an activating group) is 1. The number of rotatable bonds is 0. The third kappa shape index (κ3) is 1.05. The Morgan fingerprint density at radius 2 is 2.45 bits per heavy atom. The molecule has 0 unspecified atom stereocenters. The van der Waals surface area contributed by atoms with Crippen molar-refractivity contribution in [3.8, 4) is 0 Å². The average molecular weight is 152 g/mol. The number of aromatic nitrogens is 2. The van der Waals surface area contributed by atoms with Crippen LogP contribution in [0.25, 0.3) is 0 Å². The van der Waals surface area contributed by atoms with E-state index in [1.807, 2.05) is 11.6 Å². The Labute approximate surface area is 68.1 Å². The van der Waals surface area contributed by atoms with Crippen LogP contribution >= 0.6 is 0 Å². The molecule has 0 aromatic carbocycles. The highest BCUT2D eigenvalue weighted by Crippen LogP contribution is 2.14. The number of nitrogens with zero attached hydrogens (tertiary/aromatic N) is 3. The first kappa shape index (κ1) is 5.77. The Morgan fingerprint density at radius 3 is 3.27 bits per heavy atom. The van der Waals surface area contributed by atoms with Crippen LogP contribution in [0.5, 0.6) is 0 Å². The van der Waals surface area contributed by atoms with Crippen molar-refractivity contribution in [2.45, 2.75) is 13.0 Å². The zero-order chi connectivity index (χ0) is 8.72. The summed E-state index contributed by atoms with van der Waals surface area (Å²) in [6.07, 6.45) is 1.41. The number of fused-ring (bicyclic) bond motifs is 1. The summed E-state index contributed by atoms with van der Waals surface area (Å²) in [5.74, 6) is 0. The first-order valence-electron chi connectivity index (χ1n) is 4.38. The quantitative estimate of drug-likeness (QED) is 0.537. The van der Waals surface area contributed by atoms with Gasteiger partial charge in [0.25, 0.3) is 0 Å². The summed E-state index contributed by atoms with van der Waals surface area (Å²) in [7, 11) is 4.00. The molecule has 0 radical (unpaired) electrons. The highest BCUT2D eigenvalue weighted by Gasteiger charge is 2.16. The van der Waals surface area contributed by atoms with Gasteiger partial charge in [-0.3, -0.25) is 0 Å². The van der Waals surface area contributed by atoms with Crippen LogP contribution in [-0.2, 0) is 20.0 Å². The minimum Gasteiger partial charge on any atom is -0.337 e. The van der Waals surface area contributed by atoms with Crippen molar-refractivity contribution >= 4 is 0 Å². The van der Waals surface area contributed by atoms with Crippen molar-refractivity contribution in [3.05, 3.63) is 17.7 Å². The van der Waals surface area contributed by atoms with Crippen LogP contribution in [0.1, 0.15) is 12.8 Å². The summed E-state index contributed by atoms with van der Waals surface area (Å²) in [4.78, 5) is 6.42. The maximum atomic E-state index is 7.51. The predicted molar refractivity (Wildman–Crippen MR) is 43.2 cm³/mol. The van der Waals surface area contributed by atoms with E-state index in [4.69, 9.17) is 1.37 Å². The van der Waals surface area contributed by atoms with Gasteiger partial charge in [-0.2, -0.15) is 0 Å². The molecule has 2 heterocycles. The molecule has 0 fully saturated rings. The standard InChI is InChI=1S/C8H13N3/c1-10-4-3-8-7(5-10)9-6-11(8)2/h6H,3-5H2,1-2H3/i6D. The molecule has 60 valence electrons. The highest BCUT2D eigenvalue weighted by atomic mass is 15.1. The average Bonchev–Trinajstić information content (AvgIpc) is 2.28. The van der Waals surface area contributed by atoms with Gasteiger partial charge < -0.3 is 9.47 Å². The maximum Gasteiger partial charge on any atom is 0.104 e. The SMILES string of the molecule is [2H]c1nc2c(n1C)CCN(C)C2. The normalized spacial score (nSPS) is 19.6. The van der Waals surface area contributed by atoms with E-state index in [0.717, 1.165) is 25.2 Å². The van der Waals surface area contributed by atoms with Crippen molar-refractivity contribution in [2.75, 3.05) is 13.6 Å². The summed E-state index contributed by atoms with van der Waals surface area (Å²) >= 11 is 0. The number of hydrogen-bond donors (Lipinski definition) is 0. The lowest BCUT2D eigenvalue weighted by atomic mass is 10.1. The van der Waals surface area contributed by atoms with Gasteiger partial charge in [-0.25, -0.2) is 4.98 Å². The van der Waals surface area contributed by atoms with Crippen molar-refractivity contribution in [1.82, 2.24) is 14.5 Å². The van der Waals surface area contributed by atoms with E-state index in [1.54, 1.807) is 0 Å². The molecule has 0 atom stereocenters. The summed E-state index contributed by atoms with van der Waals surface area (Å²) in [5, 5.41) is 0. The largest absolute Gasteiger partial charge is 0.337 e. The van der Waals surface area contributed by atoms with Crippen LogP contribution in [0.2, 0.25) is 0 Å². The molecule has 1 aliphatic rings. The van der Waals surface area contributed by atoms with Gasteiger partial charge in [0, 0.05) is 32.3 Å². The highest BCUT2D eigenvalue weighted by molar-refractivity contribution is 5.15. The fourth-order valence-corrected chi connectivity index (χ4v) is 1.52. The minimum atomic E-state index is 0.385. The predicted octanol–water partition coefficient (Wildman–Crippen LogP) is 0.408. The molecule has 0 N–H and O–H groups in total. The molecule has 0 saturated heterocycles. The van der Waals surface area contributed by atoms with E-state index in [2.05, 4.69) is 16.9 Å². The van der Waals surface area contributed by atoms with Gasteiger partial charge in [0.2, 0.25) is 0 Å². The van der Waals surface area contributed by atoms with Gasteiger partial charge in [-0.15, -0.1) is 0 Å². The molecule has 1 aromatic rings. The van der Waals surface area contributed by atoms with E-state index < -0.39 is 0 Å². The summed E-state index contributed by atoms with van der Waals surface area (Å²) < 4.78 is 9.39. The maximum absolute atomic E-state index is 7.51. The zero-order valence-electron chi connectivity index (χ0n) is 7.96. The molecule has 2 rings (SSSR count). The lowest BCUT2D eigenvalue weighted by Crippen LogP contribution is -2.27. The Bertz CT molecular complexity index is 305. The Morgan fingerprint density at radius 1 is 1.64 bits per heavy atom. The molecule has 0 bridgehead atoms. The van der Waals surface area contributed by atoms with E-state index >= 15 is 0 Å². The second kappa shape index (κ2) is 2.34. The van der Waals surface area contributed by atoms with E-state index in [-0.39, 0.29) is 0 Å². The Hall–Kier alpha value is -0.830. The first-order chi connectivity index (χ1) is 5.68. The van der Waals surface area contributed by atoms with E-state index in [0.29, 0.717) is 6.30 Å². The molecule has 3 heteroatoms. The monoisotopic (exact) mass is 152 g/mol. The molecule has 1 aromatic heterocycles. The Kier molecular flexibility index (Phi) is 1.23. The van der Waals surface area contributed by atoms with Crippen LogP contribution in [0.3, 0.4) is 0 Å². The molecule has 11 heavy (non-hydrogen) atoms. The van der Waals surface area contributed by atoms with Crippen molar-refractivity contribution < 1.29 is 1.37 Å². The molecule has 1 aliphatic heterocycles. The molecule has 0 saturated carbocycles. The third-order valence-electron chi connectivity index (χ3n) is 2.22. The second-order valence-electron chi connectivity index (χ2n) is 3.15. The van der Waals surface area contributed by atoms with Gasteiger partial charge in [0.15, 0.2) is 0 Å². The van der Waals surface area contributed by atoms with Crippen LogP contribution in [-0.4, -0.2) is 28.0 Å². The number of imidazole rings is 1. The van der Waals surface area contributed by atoms with Gasteiger partial charge in [-0.05, 0) is 7.05 Å². The topological polar surface area (TPSA) is 21.1 Å². The van der Waals surface area contributed by atoms with Gasteiger partial charge >= 0.3 is 0 Å². The Balaban J connectivity index is 2.43. The van der Waals surface area contributed by atoms with Crippen LogP contribution < -0.4 is 0 Å². The van der Waals surface area contributed by atoms with Gasteiger partial charge in [0.05, 0.1) is 12.0 Å². The molecule has 0 aliphatic carbocycles. The zero-order valence-corrected chi connectivity index (χ0v) is 6.96. The van der Waals surface area contributed by atoms with Crippen LogP contribution in [0.4, 0.5) is 0 Å². The lowest BCUT2D eigenvalue weighted by Gasteiger charge is -2.21. The smallest absolute Gasteiger partial charge is 0.104 e. The van der Waals surface area contributed by atoms with Gasteiger partial charge in [0.1, 0.15) is 1.37 Å². The molecule has 0 amide bonds. The summed E-state index contributed by atoms with van der Waals surface area (Å²) in [6, 6.07) is 0. The summed E-state index contributed by atoms with van der Waals surface area (Å²) in [6.45, 7) is 1.97. The van der Waals surface area contributed by atoms with Crippen LogP contribution in [0.15, 0.2) is 6.30 Å². The summed E-state index contributed by atoms with van der Waals surface area (Å²) in [5.41, 5.74) is 2.31. The minimum absolute atomic E-state index is 0.385. The lowest BCUT2D eigenvalue weighted by molar-refractivity contribution is 0.305. The van der Waals surface area contributed by atoms with Crippen molar-refractivity contribution in [1.29, 1.82) is 0 Å². The molecular formula is C8H13N3. The fraction of sp³-hybridized carbons (Fsp3) is 0.625.